The van der Waals surface area contributed by atoms with E-state index in [4.69, 9.17) is 4.74 Å². The molecule has 2 rings (SSSR count). The fourth-order valence-corrected chi connectivity index (χ4v) is 3.40. The van der Waals surface area contributed by atoms with Crippen molar-refractivity contribution >= 4 is 11.8 Å². The zero-order valence-electron chi connectivity index (χ0n) is 11.3. The Balaban J connectivity index is 1.51. The maximum atomic E-state index is 9.81. The van der Waals surface area contributed by atoms with Gasteiger partial charge in [0.05, 0.1) is 19.3 Å². The largest absolute Gasteiger partial charge is 0.389 e. The van der Waals surface area contributed by atoms with Crippen LogP contribution in [0.25, 0.3) is 0 Å². The summed E-state index contributed by atoms with van der Waals surface area (Å²) in [6, 6.07) is 10.0. The molecule has 19 heavy (non-hydrogen) atoms. The minimum Gasteiger partial charge on any atom is -0.389 e. The average Bonchev–Trinajstić information content (AvgIpc) is 2.93. The molecule has 2 atom stereocenters. The molecule has 4 heteroatoms. The van der Waals surface area contributed by atoms with Crippen LogP contribution in [-0.2, 0) is 11.3 Å². The molecule has 2 N–H and O–H groups in total. The summed E-state index contributed by atoms with van der Waals surface area (Å²) in [6.45, 7) is 2.57. The number of ether oxygens (including phenoxy) is 1. The van der Waals surface area contributed by atoms with Gasteiger partial charge in [-0.2, -0.15) is 11.8 Å². The molecule has 1 saturated heterocycles. The second kappa shape index (κ2) is 8.59. The van der Waals surface area contributed by atoms with Crippen molar-refractivity contribution in [2.24, 2.45) is 0 Å². The van der Waals surface area contributed by atoms with Crippen LogP contribution in [0.3, 0.4) is 0 Å². The van der Waals surface area contributed by atoms with Crippen molar-refractivity contribution in [3.05, 3.63) is 35.9 Å². The van der Waals surface area contributed by atoms with Gasteiger partial charge in [-0.1, -0.05) is 30.3 Å². The first-order chi connectivity index (χ1) is 9.34. The molecule has 1 aliphatic heterocycles. The third-order valence-corrected chi connectivity index (χ3v) is 4.60. The normalized spacial score (nSPS) is 20.6. The Labute approximate surface area is 119 Å². The number of nitrogens with one attached hydrogen (secondary N) is 1. The highest BCUT2D eigenvalue weighted by molar-refractivity contribution is 8.00. The number of hydrogen-bond donors (Lipinski definition) is 2. The minimum absolute atomic E-state index is 0.389. The van der Waals surface area contributed by atoms with E-state index in [0.717, 1.165) is 17.4 Å². The molecule has 0 saturated carbocycles. The van der Waals surface area contributed by atoms with E-state index in [1.165, 1.54) is 18.6 Å². The number of aliphatic hydroxyl groups is 1. The maximum Gasteiger partial charge on any atom is 0.0897 e. The highest BCUT2D eigenvalue weighted by Crippen LogP contribution is 2.25. The van der Waals surface area contributed by atoms with Gasteiger partial charge in [0.25, 0.3) is 0 Å². The summed E-state index contributed by atoms with van der Waals surface area (Å²) in [7, 11) is 0. The minimum atomic E-state index is -0.421. The smallest absolute Gasteiger partial charge is 0.0897 e. The van der Waals surface area contributed by atoms with Crippen LogP contribution >= 0.6 is 11.8 Å². The van der Waals surface area contributed by atoms with Gasteiger partial charge in [-0.15, -0.1) is 0 Å². The number of rotatable bonds is 8. The molecule has 0 aromatic heterocycles. The van der Waals surface area contributed by atoms with Crippen LogP contribution in [0.2, 0.25) is 0 Å². The summed E-state index contributed by atoms with van der Waals surface area (Å²) in [6.07, 6.45) is 2.22. The number of aliphatic hydroxyl groups excluding tert-OH is 1. The van der Waals surface area contributed by atoms with E-state index in [0.29, 0.717) is 19.8 Å². The highest BCUT2D eigenvalue weighted by atomic mass is 32.2. The van der Waals surface area contributed by atoms with Crippen molar-refractivity contribution in [2.75, 3.05) is 25.4 Å². The molecule has 1 aliphatic rings. The molecule has 0 spiro atoms. The van der Waals surface area contributed by atoms with E-state index in [9.17, 15) is 5.11 Å². The molecule has 0 radical (unpaired) electrons. The first-order valence-electron chi connectivity index (χ1n) is 6.96. The lowest BCUT2D eigenvalue weighted by Gasteiger charge is -2.14. The van der Waals surface area contributed by atoms with Crippen LogP contribution in [-0.4, -0.2) is 41.9 Å². The summed E-state index contributed by atoms with van der Waals surface area (Å²) in [5.74, 6) is 1.29. The second-order valence-electron chi connectivity index (χ2n) is 4.95. The second-order valence-corrected chi connectivity index (χ2v) is 6.36. The fourth-order valence-electron chi connectivity index (χ4n) is 2.16. The first-order valence-corrected chi connectivity index (χ1v) is 8.01. The first kappa shape index (κ1) is 14.9. The SMILES string of the molecule is OC(CNCC1CCCS1)COCc1ccccc1. The quantitative estimate of drug-likeness (QED) is 0.765. The number of hydrogen-bond acceptors (Lipinski definition) is 4. The molecule has 1 aromatic rings. The van der Waals surface area contributed by atoms with Gasteiger partial charge in [-0.3, -0.25) is 0 Å². The van der Waals surface area contributed by atoms with Gasteiger partial charge in [-0.25, -0.2) is 0 Å². The zero-order chi connectivity index (χ0) is 13.3. The molecule has 106 valence electrons. The summed E-state index contributed by atoms with van der Waals surface area (Å²) >= 11 is 2.03. The fraction of sp³-hybridized carbons (Fsp3) is 0.600. The van der Waals surface area contributed by atoms with Crippen LogP contribution in [0, 0.1) is 0 Å². The molecule has 3 nitrogen and oxygen atoms in total. The third-order valence-electron chi connectivity index (χ3n) is 3.20. The van der Waals surface area contributed by atoms with Crippen LogP contribution in [0.15, 0.2) is 30.3 Å². The third kappa shape index (κ3) is 5.95. The summed E-state index contributed by atoms with van der Waals surface area (Å²) in [5.41, 5.74) is 1.14. The van der Waals surface area contributed by atoms with E-state index in [-0.39, 0.29) is 0 Å². The number of thioether (sulfide) groups is 1. The lowest BCUT2D eigenvalue weighted by molar-refractivity contribution is 0.0290. The van der Waals surface area contributed by atoms with E-state index in [1.54, 1.807) is 0 Å². The Kier molecular flexibility index (Phi) is 6.71. The molecule has 0 aliphatic carbocycles. The molecule has 2 unspecified atom stereocenters. The van der Waals surface area contributed by atoms with Crippen molar-refractivity contribution < 1.29 is 9.84 Å². The molecular formula is C15H23NO2S. The van der Waals surface area contributed by atoms with Gasteiger partial charge in [0, 0.05) is 18.3 Å². The van der Waals surface area contributed by atoms with Gasteiger partial charge >= 0.3 is 0 Å². The van der Waals surface area contributed by atoms with Gasteiger partial charge < -0.3 is 15.2 Å². The molecule has 1 aromatic carbocycles. The van der Waals surface area contributed by atoms with Gasteiger partial charge in [0.2, 0.25) is 0 Å². The van der Waals surface area contributed by atoms with E-state index < -0.39 is 6.10 Å². The lowest BCUT2D eigenvalue weighted by atomic mass is 10.2. The Bertz CT molecular complexity index is 341. The van der Waals surface area contributed by atoms with E-state index in [2.05, 4.69) is 5.32 Å². The van der Waals surface area contributed by atoms with Gasteiger partial charge in [0.1, 0.15) is 0 Å². The monoisotopic (exact) mass is 281 g/mol. The van der Waals surface area contributed by atoms with Gasteiger partial charge in [0.15, 0.2) is 0 Å². The average molecular weight is 281 g/mol. The maximum absolute atomic E-state index is 9.81. The summed E-state index contributed by atoms with van der Waals surface area (Å²) < 4.78 is 5.51. The van der Waals surface area contributed by atoms with Crippen LogP contribution in [0.1, 0.15) is 18.4 Å². The predicted molar refractivity (Wildman–Crippen MR) is 80.5 cm³/mol. The van der Waals surface area contributed by atoms with Crippen molar-refractivity contribution in [1.82, 2.24) is 5.32 Å². The highest BCUT2D eigenvalue weighted by Gasteiger charge is 2.15. The zero-order valence-corrected chi connectivity index (χ0v) is 12.1. The molecule has 0 amide bonds. The Morgan fingerprint density at radius 2 is 2.21 bits per heavy atom. The Hall–Kier alpha value is -0.550. The van der Waals surface area contributed by atoms with Crippen molar-refractivity contribution in [3.63, 3.8) is 0 Å². The Morgan fingerprint density at radius 3 is 2.95 bits per heavy atom. The molecule has 1 fully saturated rings. The van der Waals surface area contributed by atoms with Crippen LogP contribution in [0.4, 0.5) is 0 Å². The molecule has 1 heterocycles. The van der Waals surface area contributed by atoms with Crippen molar-refractivity contribution in [3.8, 4) is 0 Å². The summed E-state index contributed by atoms with van der Waals surface area (Å²) in [5, 5.41) is 13.9. The molecular weight excluding hydrogens is 258 g/mol. The standard InChI is InChI=1S/C15H23NO2S/c17-14(9-16-10-15-7-4-8-19-15)12-18-11-13-5-2-1-3-6-13/h1-3,5-6,14-17H,4,7-12H2. The van der Waals surface area contributed by atoms with E-state index >= 15 is 0 Å². The van der Waals surface area contributed by atoms with Crippen molar-refractivity contribution in [2.45, 2.75) is 30.8 Å². The van der Waals surface area contributed by atoms with Crippen LogP contribution in [0.5, 0.6) is 0 Å². The predicted octanol–water partition coefficient (Wildman–Crippen LogP) is 2.05. The van der Waals surface area contributed by atoms with Crippen LogP contribution < -0.4 is 5.32 Å². The lowest BCUT2D eigenvalue weighted by Crippen LogP contribution is -2.33. The molecule has 0 bridgehead atoms. The van der Waals surface area contributed by atoms with Crippen molar-refractivity contribution in [1.29, 1.82) is 0 Å². The van der Waals surface area contributed by atoms with E-state index in [1.807, 2.05) is 42.1 Å². The number of benzene rings is 1. The Morgan fingerprint density at radius 1 is 1.37 bits per heavy atom. The topological polar surface area (TPSA) is 41.5 Å². The summed E-state index contributed by atoms with van der Waals surface area (Å²) in [4.78, 5) is 0. The van der Waals surface area contributed by atoms with Gasteiger partial charge in [-0.05, 0) is 24.2 Å².